The fourth-order valence-electron chi connectivity index (χ4n) is 1.93. The highest BCUT2D eigenvalue weighted by molar-refractivity contribution is 6.04. The lowest BCUT2D eigenvalue weighted by molar-refractivity contribution is 0.0774. The summed E-state index contributed by atoms with van der Waals surface area (Å²) in [4.78, 5) is 14.1. The molecule has 0 unspecified atom stereocenters. The molecule has 2 aromatic rings. The first-order chi connectivity index (χ1) is 8.63. The minimum absolute atomic E-state index is 0.0575. The number of carbonyl (C=O) groups excluding carboxylic acids is 1. The van der Waals surface area contributed by atoms with Gasteiger partial charge in [-0.05, 0) is 19.9 Å². The summed E-state index contributed by atoms with van der Waals surface area (Å²) in [6.45, 7) is 8.93. The zero-order valence-electron chi connectivity index (χ0n) is 10.7. The van der Waals surface area contributed by atoms with Crippen molar-refractivity contribution in [2.75, 3.05) is 13.1 Å². The first-order valence-corrected chi connectivity index (χ1v) is 6.00. The van der Waals surface area contributed by atoms with E-state index in [1.165, 1.54) is 0 Å². The van der Waals surface area contributed by atoms with Gasteiger partial charge in [-0.1, -0.05) is 30.4 Å². The molecule has 18 heavy (non-hydrogen) atoms. The molecule has 0 fully saturated rings. The molecule has 0 aliphatic carbocycles. The molecule has 0 saturated carbocycles. The number of aromatic amines is 1. The van der Waals surface area contributed by atoms with Crippen LogP contribution in [0.5, 0.6) is 0 Å². The van der Waals surface area contributed by atoms with Gasteiger partial charge in [0, 0.05) is 18.5 Å². The lowest BCUT2D eigenvalue weighted by Crippen LogP contribution is -2.32. The van der Waals surface area contributed by atoms with Crippen LogP contribution in [0.4, 0.5) is 0 Å². The average Bonchev–Trinajstić information content (AvgIpc) is 2.78. The van der Waals surface area contributed by atoms with Gasteiger partial charge in [0.1, 0.15) is 0 Å². The average molecular weight is 243 g/mol. The highest BCUT2D eigenvalue weighted by Crippen LogP contribution is 2.17. The molecule has 2 rings (SSSR count). The van der Waals surface area contributed by atoms with Crippen LogP contribution in [-0.4, -0.2) is 34.1 Å². The maximum absolute atomic E-state index is 12.4. The maximum atomic E-state index is 12.4. The molecule has 94 valence electrons. The fourth-order valence-corrected chi connectivity index (χ4v) is 1.93. The number of H-pyrrole nitrogens is 1. The zero-order chi connectivity index (χ0) is 13.1. The Morgan fingerprint density at radius 3 is 2.83 bits per heavy atom. The Balaban J connectivity index is 2.35. The van der Waals surface area contributed by atoms with Gasteiger partial charge >= 0.3 is 0 Å². The lowest BCUT2D eigenvalue weighted by atomic mass is 10.2. The summed E-state index contributed by atoms with van der Waals surface area (Å²) in [6, 6.07) is 7.64. The Labute approximate surface area is 106 Å². The summed E-state index contributed by atoms with van der Waals surface area (Å²) in [5.41, 5.74) is 2.32. The van der Waals surface area contributed by atoms with Crippen molar-refractivity contribution in [1.82, 2.24) is 15.1 Å². The second-order valence-electron chi connectivity index (χ2n) is 4.39. The topological polar surface area (TPSA) is 49.0 Å². The van der Waals surface area contributed by atoms with E-state index >= 15 is 0 Å². The minimum Gasteiger partial charge on any atom is -0.334 e. The maximum Gasteiger partial charge on any atom is 0.275 e. The third-order valence-electron chi connectivity index (χ3n) is 2.80. The van der Waals surface area contributed by atoms with Gasteiger partial charge in [-0.25, -0.2) is 0 Å². The Bertz CT molecular complexity index is 585. The summed E-state index contributed by atoms with van der Waals surface area (Å²) in [5.74, 6) is -0.0575. The fraction of sp³-hybridized carbons (Fsp3) is 0.286. The van der Waals surface area contributed by atoms with Crippen molar-refractivity contribution in [2.45, 2.75) is 13.8 Å². The van der Waals surface area contributed by atoms with Gasteiger partial charge in [-0.15, -0.1) is 0 Å². The van der Waals surface area contributed by atoms with Crippen LogP contribution in [0.2, 0.25) is 0 Å². The molecule has 0 radical (unpaired) electrons. The molecule has 1 heterocycles. The SMILES string of the molecule is C=C(C)CN(CC)C(=O)c1n[nH]c2ccccc12. The number of aromatic nitrogens is 2. The predicted molar refractivity (Wildman–Crippen MR) is 72.5 cm³/mol. The Kier molecular flexibility index (Phi) is 3.46. The minimum atomic E-state index is -0.0575. The van der Waals surface area contributed by atoms with Gasteiger partial charge in [0.05, 0.1) is 5.52 Å². The van der Waals surface area contributed by atoms with E-state index < -0.39 is 0 Å². The molecule has 0 bridgehead atoms. The van der Waals surface area contributed by atoms with E-state index in [1.807, 2.05) is 38.1 Å². The highest BCUT2D eigenvalue weighted by Gasteiger charge is 2.19. The zero-order valence-corrected chi connectivity index (χ0v) is 10.7. The number of hydrogen-bond donors (Lipinski definition) is 1. The van der Waals surface area contributed by atoms with Crippen LogP contribution in [0, 0.1) is 0 Å². The van der Waals surface area contributed by atoms with Crippen LogP contribution in [-0.2, 0) is 0 Å². The quantitative estimate of drug-likeness (QED) is 0.839. The summed E-state index contributed by atoms with van der Waals surface area (Å²) in [5, 5.41) is 7.87. The molecular weight excluding hydrogens is 226 g/mol. The number of amides is 1. The number of hydrogen-bond acceptors (Lipinski definition) is 2. The van der Waals surface area contributed by atoms with Crippen LogP contribution < -0.4 is 0 Å². The van der Waals surface area contributed by atoms with Crippen molar-refractivity contribution in [1.29, 1.82) is 0 Å². The van der Waals surface area contributed by atoms with E-state index in [1.54, 1.807) is 4.90 Å². The number of nitrogens with zero attached hydrogens (tertiary/aromatic N) is 2. The number of nitrogens with one attached hydrogen (secondary N) is 1. The molecule has 4 nitrogen and oxygen atoms in total. The Morgan fingerprint density at radius 1 is 1.44 bits per heavy atom. The Hall–Kier alpha value is -2.10. The number of benzene rings is 1. The number of likely N-dealkylation sites (N-methyl/N-ethyl adjacent to an activating group) is 1. The van der Waals surface area contributed by atoms with Crippen LogP contribution >= 0.6 is 0 Å². The Morgan fingerprint density at radius 2 is 2.17 bits per heavy atom. The smallest absolute Gasteiger partial charge is 0.275 e. The standard InChI is InChI=1S/C14H17N3O/c1-4-17(9-10(2)3)14(18)13-11-7-5-6-8-12(11)15-16-13/h5-8H,2,4,9H2,1,3H3,(H,15,16). The summed E-state index contributed by atoms with van der Waals surface area (Å²) in [6.07, 6.45) is 0. The van der Waals surface area contributed by atoms with Crippen LogP contribution in [0.15, 0.2) is 36.4 Å². The van der Waals surface area contributed by atoms with Crippen molar-refractivity contribution in [2.24, 2.45) is 0 Å². The van der Waals surface area contributed by atoms with Crippen molar-refractivity contribution < 1.29 is 4.79 Å². The number of fused-ring (bicyclic) bond motifs is 1. The van der Waals surface area contributed by atoms with E-state index in [-0.39, 0.29) is 5.91 Å². The predicted octanol–water partition coefficient (Wildman–Crippen LogP) is 2.60. The molecule has 1 aromatic carbocycles. The van der Waals surface area contributed by atoms with Gasteiger partial charge in [0.15, 0.2) is 5.69 Å². The third-order valence-corrected chi connectivity index (χ3v) is 2.80. The van der Waals surface area contributed by atoms with Crippen LogP contribution in [0.1, 0.15) is 24.3 Å². The number of carbonyl (C=O) groups is 1. The molecule has 4 heteroatoms. The van der Waals surface area contributed by atoms with Crippen LogP contribution in [0.25, 0.3) is 10.9 Å². The molecule has 0 atom stereocenters. The van der Waals surface area contributed by atoms with Gasteiger partial charge < -0.3 is 4.90 Å². The van der Waals surface area contributed by atoms with Gasteiger partial charge in [0.25, 0.3) is 5.91 Å². The molecule has 1 amide bonds. The van der Waals surface area contributed by atoms with E-state index in [9.17, 15) is 4.79 Å². The van der Waals surface area contributed by atoms with Gasteiger partial charge in [0.2, 0.25) is 0 Å². The van der Waals surface area contributed by atoms with E-state index in [0.29, 0.717) is 18.8 Å². The molecule has 0 spiro atoms. The second kappa shape index (κ2) is 5.04. The molecule has 1 aromatic heterocycles. The normalized spacial score (nSPS) is 10.6. The summed E-state index contributed by atoms with van der Waals surface area (Å²) in [7, 11) is 0. The van der Waals surface area contributed by atoms with Gasteiger partial charge in [-0.2, -0.15) is 5.10 Å². The highest BCUT2D eigenvalue weighted by atomic mass is 16.2. The first kappa shape index (κ1) is 12.4. The largest absolute Gasteiger partial charge is 0.334 e. The van der Waals surface area contributed by atoms with Crippen LogP contribution in [0.3, 0.4) is 0 Å². The first-order valence-electron chi connectivity index (χ1n) is 6.00. The summed E-state index contributed by atoms with van der Waals surface area (Å²) < 4.78 is 0. The second-order valence-corrected chi connectivity index (χ2v) is 4.39. The number of rotatable bonds is 4. The molecule has 0 aliphatic heterocycles. The number of para-hydroxylation sites is 1. The van der Waals surface area contributed by atoms with Crippen molar-refractivity contribution in [3.05, 3.63) is 42.1 Å². The van der Waals surface area contributed by atoms with E-state index in [2.05, 4.69) is 16.8 Å². The van der Waals surface area contributed by atoms with E-state index in [4.69, 9.17) is 0 Å². The molecule has 0 aliphatic rings. The van der Waals surface area contributed by atoms with Gasteiger partial charge in [-0.3, -0.25) is 9.89 Å². The third kappa shape index (κ3) is 2.27. The van der Waals surface area contributed by atoms with Crippen molar-refractivity contribution >= 4 is 16.8 Å². The van der Waals surface area contributed by atoms with Crippen molar-refractivity contribution in [3.8, 4) is 0 Å². The monoisotopic (exact) mass is 243 g/mol. The van der Waals surface area contributed by atoms with E-state index in [0.717, 1.165) is 16.5 Å². The molecular formula is C14H17N3O. The summed E-state index contributed by atoms with van der Waals surface area (Å²) >= 11 is 0. The lowest BCUT2D eigenvalue weighted by Gasteiger charge is -2.19. The van der Waals surface area contributed by atoms with Crippen molar-refractivity contribution in [3.63, 3.8) is 0 Å². The molecule has 0 saturated heterocycles. The molecule has 1 N–H and O–H groups in total.